The molecule has 1 saturated carbocycles. The van der Waals surface area contributed by atoms with Gasteiger partial charge in [-0.2, -0.15) is 0 Å². The van der Waals surface area contributed by atoms with E-state index in [1.165, 1.54) is 0 Å². The monoisotopic (exact) mass is 644 g/mol. The van der Waals surface area contributed by atoms with E-state index in [0.29, 0.717) is 50.0 Å². The number of hydrogen-bond donors (Lipinski definition) is 2. The van der Waals surface area contributed by atoms with Crippen molar-refractivity contribution in [2.75, 3.05) is 26.2 Å². The number of carbonyl (C=O) groups excluding carboxylic acids is 4. The Morgan fingerprint density at radius 2 is 1.60 bits per heavy atom. The summed E-state index contributed by atoms with van der Waals surface area (Å²) >= 11 is 0. The van der Waals surface area contributed by atoms with Crippen molar-refractivity contribution >= 4 is 34.8 Å². The fraction of sp³-hybridized carbons (Fsp3) is 0.541. The zero-order valence-electron chi connectivity index (χ0n) is 27.8. The molecule has 2 fully saturated rings. The Morgan fingerprint density at radius 1 is 0.915 bits per heavy atom. The van der Waals surface area contributed by atoms with Gasteiger partial charge in [-0.05, 0) is 76.5 Å². The first-order valence-electron chi connectivity index (χ1n) is 17.1. The van der Waals surface area contributed by atoms with Crippen LogP contribution in [0.3, 0.4) is 0 Å². The molecule has 3 aromatic rings. The van der Waals surface area contributed by atoms with Crippen molar-refractivity contribution in [3.05, 3.63) is 66.1 Å². The predicted molar refractivity (Wildman–Crippen MR) is 179 cm³/mol. The Kier molecular flexibility index (Phi) is 11.3. The number of nitrogens with one attached hydrogen (secondary N) is 2. The number of carbonyl (C=O) groups is 4. The highest BCUT2D eigenvalue weighted by atomic mass is 16.6. The fourth-order valence-electron chi connectivity index (χ4n) is 6.75. The predicted octanol–water partition coefficient (Wildman–Crippen LogP) is 6.26. The number of oxazole rings is 1. The average molecular weight is 645 g/mol. The van der Waals surface area contributed by atoms with Gasteiger partial charge in [-0.25, -0.2) is 9.78 Å². The third-order valence-corrected chi connectivity index (χ3v) is 9.32. The first-order valence-corrected chi connectivity index (χ1v) is 17.1. The lowest BCUT2D eigenvalue weighted by atomic mass is 9.79. The van der Waals surface area contributed by atoms with Crippen LogP contribution in [0.1, 0.15) is 94.3 Å². The van der Waals surface area contributed by atoms with Crippen molar-refractivity contribution in [2.45, 2.75) is 83.7 Å². The minimum absolute atomic E-state index is 0.0612. The number of ether oxygens (including phenoxy) is 1. The molecule has 10 nitrogen and oxygen atoms in total. The zero-order chi connectivity index (χ0) is 33.4. The van der Waals surface area contributed by atoms with E-state index in [-0.39, 0.29) is 53.9 Å². The zero-order valence-corrected chi connectivity index (χ0v) is 27.8. The van der Waals surface area contributed by atoms with Gasteiger partial charge in [0.2, 0.25) is 17.6 Å². The van der Waals surface area contributed by atoms with Crippen LogP contribution in [0.5, 0.6) is 0 Å². The van der Waals surface area contributed by atoms with Crippen LogP contribution in [-0.2, 0) is 14.3 Å². The molecule has 0 spiro atoms. The average Bonchev–Trinajstić information content (AvgIpc) is 3.51. The lowest BCUT2D eigenvalue weighted by Crippen LogP contribution is -2.47. The summed E-state index contributed by atoms with van der Waals surface area (Å²) < 4.78 is 11.3. The lowest BCUT2D eigenvalue weighted by molar-refractivity contribution is -0.129. The van der Waals surface area contributed by atoms with Gasteiger partial charge < -0.3 is 24.7 Å². The molecule has 2 aliphatic rings. The maximum atomic E-state index is 13.7. The van der Waals surface area contributed by atoms with Crippen LogP contribution in [0.2, 0.25) is 0 Å². The Morgan fingerprint density at radius 3 is 2.28 bits per heavy atom. The van der Waals surface area contributed by atoms with Gasteiger partial charge in [0, 0.05) is 32.1 Å². The number of amides is 3. The molecule has 2 N–H and O–H groups in total. The Hall–Kier alpha value is -4.21. The Bertz CT molecular complexity index is 1480. The highest BCUT2D eigenvalue weighted by Gasteiger charge is 2.34. The van der Waals surface area contributed by atoms with Gasteiger partial charge in [-0.3, -0.25) is 14.4 Å². The van der Waals surface area contributed by atoms with Crippen LogP contribution < -0.4 is 10.6 Å². The summed E-state index contributed by atoms with van der Waals surface area (Å²) in [4.78, 5) is 59.1. The van der Waals surface area contributed by atoms with Crippen molar-refractivity contribution in [1.82, 2.24) is 20.5 Å². The molecular formula is C37H48N4O6. The third kappa shape index (κ3) is 9.20. The second-order valence-corrected chi connectivity index (χ2v) is 13.9. The number of hydrogen-bond acceptors (Lipinski definition) is 7. The number of nitrogens with zero attached hydrogens (tertiary/aromatic N) is 2. The molecule has 1 aromatic heterocycles. The highest BCUT2D eigenvalue weighted by Crippen LogP contribution is 2.31. The minimum Gasteiger partial charge on any atom is -0.444 e. The van der Waals surface area contributed by atoms with Crippen molar-refractivity contribution in [3.8, 4) is 0 Å². The largest absolute Gasteiger partial charge is 0.444 e. The molecule has 5 rings (SSSR count). The molecule has 2 aromatic carbocycles. The third-order valence-electron chi connectivity index (χ3n) is 9.32. The fourth-order valence-corrected chi connectivity index (χ4v) is 6.75. The lowest BCUT2D eigenvalue weighted by Gasteiger charge is -2.33. The summed E-state index contributed by atoms with van der Waals surface area (Å²) in [6.07, 6.45) is 6.34. The second-order valence-electron chi connectivity index (χ2n) is 13.9. The first kappa shape index (κ1) is 34.1. The van der Waals surface area contributed by atoms with Crippen molar-refractivity contribution in [3.63, 3.8) is 0 Å². The minimum atomic E-state index is -0.566. The van der Waals surface area contributed by atoms with Crippen LogP contribution in [0.4, 0.5) is 4.79 Å². The number of Topliss-reactive ketones (excluding diaryl/α,β-unsaturated/α-hetero) is 1. The van der Waals surface area contributed by atoms with Crippen molar-refractivity contribution in [2.24, 2.45) is 17.8 Å². The summed E-state index contributed by atoms with van der Waals surface area (Å²) in [5.41, 5.74) is 1.45. The molecule has 47 heavy (non-hydrogen) atoms. The van der Waals surface area contributed by atoms with Gasteiger partial charge in [0.25, 0.3) is 5.89 Å². The smallest absolute Gasteiger partial charge is 0.410 e. The summed E-state index contributed by atoms with van der Waals surface area (Å²) in [5, 5.41) is 6.18. The van der Waals surface area contributed by atoms with Crippen molar-refractivity contribution < 1.29 is 28.3 Å². The summed E-state index contributed by atoms with van der Waals surface area (Å²) in [5.74, 6) is -1.26. The summed E-state index contributed by atoms with van der Waals surface area (Å²) in [6, 6.07) is 16.8. The molecule has 0 radical (unpaired) electrons. The van der Waals surface area contributed by atoms with Gasteiger partial charge >= 0.3 is 6.09 Å². The Labute approximate surface area is 277 Å². The number of para-hydroxylation sites is 2. The van der Waals surface area contributed by atoms with Crippen LogP contribution in [0.15, 0.2) is 59.0 Å². The Balaban J connectivity index is 1.18. The SMILES string of the molecule is CC(C)(C)OC(=O)N1CCC(C(=O)NCC(C(=O)NCCC(C(=O)c2nc3ccccc3o2)c2ccccc2)C2CCCCC2)CC1. The summed E-state index contributed by atoms with van der Waals surface area (Å²) in [7, 11) is 0. The van der Waals surface area contributed by atoms with E-state index in [1.807, 2.05) is 69.3 Å². The molecule has 1 aliphatic heterocycles. The molecule has 2 unspecified atom stereocenters. The van der Waals surface area contributed by atoms with E-state index >= 15 is 0 Å². The van der Waals surface area contributed by atoms with E-state index < -0.39 is 11.5 Å². The van der Waals surface area contributed by atoms with Gasteiger partial charge in [-0.15, -0.1) is 0 Å². The van der Waals surface area contributed by atoms with Gasteiger partial charge in [0.1, 0.15) is 11.1 Å². The topological polar surface area (TPSA) is 131 Å². The van der Waals surface area contributed by atoms with E-state index in [0.717, 1.165) is 37.7 Å². The van der Waals surface area contributed by atoms with Gasteiger partial charge in [-0.1, -0.05) is 61.7 Å². The van der Waals surface area contributed by atoms with Crippen LogP contribution in [0.25, 0.3) is 11.1 Å². The molecule has 2 heterocycles. The van der Waals surface area contributed by atoms with E-state index in [9.17, 15) is 19.2 Å². The molecule has 1 aliphatic carbocycles. The molecule has 1 saturated heterocycles. The standard InChI is InChI=1S/C37H48N4O6/c1-37(2,3)47-36(45)41-22-19-27(20-23-41)33(43)39-24-29(26-14-8-5-9-15-26)34(44)38-21-18-28(25-12-6-4-7-13-25)32(42)35-40-30-16-10-11-17-31(30)46-35/h4,6-7,10-13,16-17,26-29H,5,8-9,14-15,18-24H2,1-3H3,(H,38,44)(H,39,43). The number of aromatic nitrogens is 1. The number of rotatable bonds is 11. The molecule has 2 atom stereocenters. The maximum absolute atomic E-state index is 13.7. The molecular weight excluding hydrogens is 596 g/mol. The van der Waals surface area contributed by atoms with Crippen molar-refractivity contribution in [1.29, 1.82) is 0 Å². The molecule has 3 amide bonds. The molecule has 10 heteroatoms. The molecule has 252 valence electrons. The molecule has 0 bridgehead atoms. The summed E-state index contributed by atoms with van der Waals surface area (Å²) in [6.45, 7) is 7.01. The number of likely N-dealkylation sites (tertiary alicyclic amines) is 1. The highest BCUT2D eigenvalue weighted by molar-refractivity contribution is 5.99. The number of fused-ring (bicyclic) bond motifs is 1. The second kappa shape index (κ2) is 15.6. The number of ketones is 1. The van der Waals surface area contributed by atoms with E-state index in [2.05, 4.69) is 15.6 Å². The van der Waals surface area contributed by atoms with Gasteiger partial charge in [0.15, 0.2) is 5.58 Å². The first-order chi connectivity index (χ1) is 22.6. The van der Waals surface area contributed by atoms with Crippen LogP contribution in [0, 0.1) is 17.8 Å². The normalized spacial score (nSPS) is 17.6. The van der Waals surface area contributed by atoms with E-state index in [4.69, 9.17) is 9.15 Å². The quantitative estimate of drug-likeness (QED) is 0.236. The van der Waals surface area contributed by atoms with Crippen LogP contribution in [-0.4, -0.2) is 65.4 Å². The number of benzene rings is 2. The maximum Gasteiger partial charge on any atom is 0.410 e. The van der Waals surface area contributed by atoms with Gasteiger partial charge in [0.05, 0.1) is 11.8 Å². The number of piperidine rings is 1. The van der Waals surface area contributed by atoms with Crippen LogP contribution >= 0.6 is 0 Å². The van der Waals surface area contributed by atoms with E-state index in [1.54, 1.807) is 11.0 Å².